The first-order chi connectivity index (χ1) is 25.2. The van der Waals surface area contributed by atoms with Gasteiger partial charge in [-0.25, -0.2) is 9.97 Å². The molecule has 0 amide bonds. The molecule has 0 aliphatic carbocycles. The molecule has 1 fully saturated rings. The molecule has 9 rings (SSSR count). The number of nitrogens with one attached hydrogen (secondary N) is 2. The van der Waals surface area contributed by atoms with Crippen LogP contribution in [0.1, 0.15) is 34.5 Å². The van der Waals surface area contributed by atoms with Crippen molar-refractivity contribution in [3.8, 4) is 45.0 Å². The Morgan fingerprint density at radius 3 is 1.65 bits per heavy atom. The Hall–Kier alpha value is -6.43. The average Bonchev–Trinajstić information content (AvgIpc) is 4.08. The quantitative estimate of drug-likeness (QED) is 0.160. The molecular weight excluding hydrogens is 623 g/mol. The van der Waals surface area contributed by atoms with E-state index in [-0.39, 0.29) is 6.17 Å². The van der Waals surface area contributed by atoms with Crippen LogP contribution in [0.3, 0.4) is 0 Å². The van der Waals surface area contributed by atoms with Crippen molar-refractivity contribution in [2.75, 3.05) is 6.54 Å². The van der Waals surface area contributed by atoms with Crippen LogP contribution in [-0.4, -0.2) is 22.2 Å². The topological polar surface area (TPSA) is 72.1 Å². The Balaban J connectivity index is 1.24. The van der Waals surface area contributed by atoms with Crippen molar-refractivity contribution >= 4 is 11.4 Å². The van der Waals surface area contributed by atoms with E-state index in [0.29, 0.717) is 11.9 Å². The number of nitrogens with zero attached hydrogens (tertiary/aromatic N) is 3. The maximum absolute atomic E-state index is 5.33. The molecule has 5 heteroatoms. The maximum Gasteiger partial charge on any atom is 0.160 e. The zero-order valence-electron chi connectivity index (χ0n) is 27.9. The van der Waals surface area contributed by atoms with Crippen LogP contribution in [0.4, 0.5) is 0 Å². The Labute approximate surface area is 298 Å². The van der Waals surface area contributed by atoms with Gasteiger partial charge in [-0.15, -0.1) is 0 Å². The third-order valence-corrected chi connectivity index (χ3v) is 9.45. The van der Waals surface area contributed by atoms with Crippen LogP contribution in [0.25, 0.3) is 50.7 Å². The van der Waals surface area contributed by atoms with Gasteiger partial charge in [-0.2, -0.15) is 0 Å². The predicted molar refractivity (Wildman–Crippen MR) is 208 cm³/mol. The van der Waals surface area contributed by atoms with Crippen LogP contribution in [0.5, 0.6) is 0 Å². The second-order valence-corrected chi connectivity index (χ2v) is 13.0. The van der Waals surface area contributed by atoms with Crippen LogP contribution in [0.2, 0.25) is 0 Å². The summed E-state index contributed by atoms with van der Waals surface area (Å²) in [7, 11) is 0. The van der Waals surface area contributed by atoms with Gasteiger partial charge < -0.3 is 10.6 Å². The molecule has 2 N–H and O–H groups in total. The zero-order chi connectivity index (χ0) is 34.0. The van der Waals surface area contributed by atoms with E-state index >= 15 is 0 Å². The van der Waals surface area contributed by atoms with Crippen molar-refractivity contribution in [1.82, 2.24) is 20.6 Å². The number of aliphatic imine (C=N–C) groups is 1. The van der Waals surface area contributed by atoms with Crippen LogP contribution in [0, 0.1) is 0 Å². The lowest BCUT2D eigenvalue weighted by atomic mass is 9.93. The van der Waals surface area contributed by atoms with Gasteiger partial charge in [-0.1, -0.05) is 146 Å². The molecule has 1 saturated heterocycles. The number of allylic oxidation sites excluding steroid dienone is 1. The molecule has 2 unspecified atom stereocenters. The van der Waals surface area contributed by atoms with Crippen molar-refractivity contribution < 1.29 is 0 Å². The summed E-state index contributed by atoms with van der Waals surface area (Å²) in [5.74, 6) is 0.690. The normalized spacial score (nSPS) is 16.5. The molecule has 0 radical (unpaired) electrons. The smallest absolute Gasteiger partial charge is 0.160 e. The predicted octanol–water partition coefficient (Wildman–Crippen LogP) is 9.92. The van der Waals surface area contributed by atoms with E-state index in [1.807, 2.05) is 48.5 Å². The van der Waals surface area contributed by atoms with Crippen LogP contribution in [-0.2, 0) is 0 Å². The summed E-state index contributed by atoms with van der Waals surface area (Å²) >= 11 is 0. The van der Waals surface area contributed by atoms with Crippen LogP contribution >= 0.6 is 0 Å². The summed E-state index contributed by atoms with van der Waals surface area (Å²) in [6.45, 7) is 1.03. The van der Waals surface area contributed by atoms with E-state index in [0.717, 1.165) is 73.8 Å². The van der Waals surface area contributed by atoms with E-state index in [2.05, 4.69) is 138 Å². The first-order valence-electron chi connectivity index (χ1n) is 17.4. The van der Waals surface area contributed by atoms with Crippen molar-refractivity contribution in [3.63, 3.8) is 0 Å². The molecule has 1 aromatic heterocycles. The summed E-state index contributed by atoms with van der Waals surface area (Å²) in [5, 5.41) is 7.12. The molecule has 2 atom stereocenters. The van der Waals surface area contributed by atoms with Crippen molar-refractivity contribution in [2.24, 2.45) is 4.99 Å². The van der Waals surface area contributed by atoms with Crippen molar-refractivity contribution in [1.29, 1.82) is 0 Å². The minimum atomic E-state index is -0.243. The molecule has 7 aromatic rings. The summed E-state index contributed by atoms with van der Waals surface area (Å²) < 4.78 is 0. The molecule has 6 aromatic carbocycles. The van der Waals surface area contributed by atoms with Crippen LogP contribution < -0.4 is 10.6 Å². The van der Waals surface area contributed by atoms with Gasteiger partial charge in [0.2, 0.25) is 0 Å². The Kier molecular flexibility index (Phi) is 8.08. The molecule has 51 heavy (non-hydrogen) atoms. The fraction of sp³-hybridized carbons (Fsp3) is 0.0652. The Morgan fingerprint density at radius 1 is 0.451 bits per heavy atom. The van der Waals surface area contributed by atoms with Crippen LogP contribution in [0.15, 0.2) is 181 Å². The molecule has 0 spiro atoms. The zero-order valence-corrected chi connectivity index (χ0v) is 27.9. The van der Waals surface area contributed by atoms with E-state index in [1.54, 1.807) is 0 Å². The highest BCUT2D eigenvalue weighted by Crippen LogP contribution is 2.34. The van der Waals surface area contributed by atoms with Gasteiger partial charge in [-0.3, -0.25) is 4.99 Å². The van der Waals surface area contributed by atoms with E-state index < -0.39 is 0 Å². The molecule has 0 bridgehead atoms. The first kappa shape index (κ1) is 30.6. The van der Waals surface area contributed by atoms with Gasteiger partial charge in [0.15, 0.2) is 5.82 Å². The number of hydrogen-bond donors (Lipinski definition) is 2. The van der Waals surface area contributed by atoms with Crippen molar-refractivity contribution in [2.45, 2.75) is 12.2 Å². The minimum Gasteiger partial charge on any atom is -0.360 e. The van der Waals surface area contributed by atoms with Gasteiger partial charge in [0.25, 0.3) is 0 Å². The third-order valence-electron chi connectivity index (χ3n) is 9.45. The third kappa shape index (κ3) is 6.63. The van der Waals surface area contributed by atoms with E-state index in [1.165, 1.54) is 5.56 Å². The molecule has 3 heterocycles. The fourth-order valence-electron chi connectivity index (χ4n) is 6.63. The summed E-state index contributed by atoms with van der Waals surface area (Å²) in [6.07, 6.45) is 1.93. The highest BCUT2D eigenvalue weighted by atomic mass is 15.1. The number of benzene rings is 6. The van der Waals surface area contributed by atoms with Gasteiger partial charge >= 0.3 is 0 Å². The Bertz CT molecular complexity index is 2310. The Morgan fingerprint density at radius 2 is 1.00 bits per heavy atom. The lowest BCUT2D eigenvalue weighted by Gasteiger charge is -2.25. The number of rotatable bonds is 8. The first-order valence-corrected chi connectivity index (χ1v) is 17.4. The second kappa shape index (κ2) is 13.5. The lowest BCUT2D eigenvalue weighted by molar-refractivity contribution is 0.664. The highest BCUT2D eigenvalue weighted by molar-refractivity contribution is 6.14. The number of aromatic nitrogens is 2. The van der Waals surface area contributed by atoms with E-state index in [4.69, 9.17) is 15.0 Å². The second-order valence-electron chi connectivity index (χ2n) is 13.0. The molecular formula is C46H35N5. The standard InChI is InChI=1S/C46H35N5/c1-5-13-32(14-6-1)40-28-42(50-45(48-40)35-17-9-3-10-18-35)38-25-37(31-21-23-34(24-22-31)44-30-47-44)26-39(27-38)43-29-41(33-15-7-2-8-16-33)49-46(51-43)36-19-11-4-12-20-36/h1-29,44-45,47-48H,30H2. The van der Waals surface area contributed by atoms with Gasteiger partial charge in [-0.05, 0) is 58.2 Å². The molecule has 5 nitrogen and oxygen atoms in total. The lowest BCUT2D eigenvalue weighted by Crippen LogP contribution is -2.24. The van der Waals surface area contributed by atoms with Gasteiger partial charge in [0, 0.05) is 40.5 Å². The largest absolute Gasteiger partial charge is 0.360 e. The fourth-order valence-corrected chi connectivity index (χ4v) is 6.63. The molecule has 0 saturated carbocycles. The molecule has 2 aliphatic rings. The van der Waals surface area contributed by atoms with Crippen molar-refractivity contribution in [3.05, 3.63) is 198 Å². The SMILES string of the molecule is C1=C(c2ccccc2)NC(c2ccccc2)N=C1c1cc(-c2ccc(C3CN3)cc2)cc(-c2cc(-c3ccccc3)nc(-c3ccccc3)n2)c1. The number of hydrogen-bond acceptors (Lipinski definition) is 5. The minimum absolute atomic E-state index is 0.243. The van der Waals surface area contributed by atoms with E-state index in [9.17, 15) is 0 Å². The molecule has 2 aliphatic heterocycles. The maximum atomic E-state index is 5.33. The summed E-state index contributed by atoms with van der Waals surface area (Å²) in [6, 6.07) is 59.7. The van der Waals surface area contributed by atoms with Gasteiger partial charge in [0.05, 0.1) is 17.1 Å². The monoisotopic (exact) mass is 657 g/mol. The van der Waals surface area contributed by atoms with Gasteiger partial charge in [0.1, 0.15) is 6.17 Å². The molecule has 244 valence electrons. The summed E-state index contributed by atoms with van der Waals surface area (Å²) in [5.41, 5.74) is 13.5. The summed E-state index contributed by atoms with van der Waals surface area (Å²) in [4.78, 5) is 15.6. The highest BCUT2D eigenvalue weighted by Gasteiger charge is 2.23. The average molecular weight is 658 g/mol.